The molecule has 0 spiro atoms. The Morgan fingerprint density at radius 2 is 2.11 bits per heavy atom. The number of ether oxygens (including phenoxy) is 1. The molecule has 0 aliphatic rings. The maximum atomic E-state index is 12.8. The molecule has 0 saturated carbocycles. The standard InChI is InChI=1S/C12H16FN5O/c1-19-7-6-15-12-16-11(14)18(17-12)8-9-2-4-10(13)5-3-9/h2-5H,6-8H2,1H3,(H3,14,15,16,17). The van der Waals surface area contributed by atoms with Gasteiger partial charge in [0, 0.05) is 13.7 Å². The number of rotatable bonds is 6. The molecule has 0 fully saturated rings. The fourth-order valence-electron chi connectivity index (χ4n) is 1.57. The molecular formula is C12H16FN5O. The van der Waals surface area contributed by atoms with Crippen molar-refractivity contribution < 1.29 is 9.13 Å². The van der Waals surface area contributed by atoms with Gasteiger partial charge in [-0.1, -0.05) is 12.1 Å². The van der Waals surface area contributed by atoms with Crippen molar-refractivity contribution in [1.29, 1.82) is 0 Å². The van der Waals surface area contributed by atoms with Gasteiger partial charge < -0.3 is 15.8 Å². The van der Waals surface area contributed by atoms with Crippen LogP contribution in [0.1, 0.15) is 5.56 Å². The topological polar surface area (TPSA) is 78.0 Å². The lowest BCUT2D eigenvalue weighted by Gasteiger charge is -2.02. The lowest BCUT2D eigenvalue weighted by Crippen LogP contribution is -2.09. The summed E-state index contributed by atoms with van der Waals surface area (Å²) in [7, 11) is 1.62. The van der Waals surface area contributed by atoms with E-state index in [0.717, 1.165) is 5.56 Å². The van der Waals surface area contributed by atoms with Crippen molar-refractivity contribution in [1.82, 2.24) is 14.8 Å². The molecule has 7 heteroatoms. The van der Waals surface area contributed by atoms with Crippen LogP contribution in [-0.4, -0.2) is 35.0 Å². The van der Waals surface area contributed by atoms with Crippen molar-refractivity contribution in [2.24, 2.45) is 0 Å². The van der Waals surface area contributed by atoms with Gasteiger partial charge in [-0.2, -0.15) is 4.98 Å². The first-order valence-corrected chi connectivity index (χ1v) is 5.86. The number of methoxy groups -OCH3 is 1. The summed E-state index contributed by atoms with van der Waals surface area (Å²) >= 11 is 0. The van der Waals surface area contributed by atoms with Crippen LogP contribution >= 0.6 is 0 Å². The maximum Gasteiger partial charge on any atom is 0.244 e. The molecule has 0 aliphatic carbocycles. The molecule has 0 saturated heterocycles. The van der Waals surface area contributed by atoms with E-state index in [1.165, 1.54) is 12.1 Å². The number of nitrogens with zero attached hydrogens (tertiary/aromatic N) is 3. The first-order chi connectivity index (χ1) is 9.19. The van der Waals surface area contributed by atoms with Crippen molar-refractivity contribution in [3.05, 3.63) is 35.6 Å². The van der Waals surface area contributed by atoms with Crippen molar-refractivity contribution in [3.63, 3.8) is 0 Å². The van der Waals surface area contributed by atoms with E-state index in [-0.39, 0.29) is 5.82 Å². The predicted molar refractivity (Wildman–Crippen MR) is 70.3 cm³/mol. The van der Waals surface area contributed by atoms with Crippen LogP contribution in [0.5, 0.6) is 0 Å². The lowest BCUT2D eigenvalue weighted by molar-refractivity contribution is 0.210. The van der Waals surface area contributed by atoms with Crippen LogP contribution < -0.4 is 11.1 Å². The Balaban J connectivity index is 2.02. The Bertz CT molecular complexity index is 525. The average Bonchev–Trinajstić information content (AvgIpc) is 2.73. The molecule has 2 aromatic rings. The number of hydrogen-bond donors (Lipinski definition) is 2. The molecule has 0 radical (unpaired) electrons. The molecule has 1 aromatic carbocycles. The van der Waals surface area contributed by atoms with Crippen molar-refractivity contribution >= 4 is 11.9 Å². The maximum absolute atomic E-state index is 12.8. The number of anilines is 2. The van der Waals surface area contributed by atoms with E-state index >= 15 is 0 Å². The zero-order valence-corrected chi connectivity index (χ0v) is 10.6. The van der Waals surface area contributed by atoms with Crippen molar-refractivity contribution in [2.45, 2.75) is 6.54 Å². The van der Waals surface area contributed by atoms with Gasteiger partial charge in [-0.25, -0.2) is 9.07 Å². The third kappa shape index (κ3) is 3.65. The molecular weight excluding hydrogens is 249 g/mol. The fraction of sp³-hybridized carbons (Fsp3) is 0.333. The van der Waals surface area contributed by atoms with Gasteiger partial charge in [-0.3, -0.25) is 0 Å². The van der Waals surface area contributed by atoms with E-state index in [0.29, 0.717) is 31.6 Å². The molecule has 2 rings (SSSR count). The van der Waals surface area contributed by atoms with Crippen LogP contribution in [0.15, 0.2) is 24.3 Å². The van der Waals surface area contributed by atoms with Gasteiger partial charge >= 0.3 is 0 Å². The van der Waals surface area contributed by atoms with E-state index in [2.05, 4.69) is 15.4 Å². The molecule has 0 bridgehead atoms. The molecule has 19 heavy (non-hydrogen) atoms. The molecule has 102 valence electrons. The Morgan fingerprint density at radius 3 is 2.79 bits per heavy atom. The highest BCUT2D eigenvalue weighted by atomic mass is 19.1. The van der Waals surface area contributed by atoms with Crippen LogP contribution in [0.25, 0.3) is 0 Å². The number of nitrogen functional groups attached to an aromatic ring is 1. The normalized spacial score (nSPS) is 10.6. The van der Waals surface area contributed by atoms with Crippen LogP contribution in [0.3, 0.4) is 0 Å². The number of nitrogens with two attached hydrogens (primary N) is 1. The average molecular weight is 265 g/mol. The van der Waals surface area contributed by atoms with Gasteiger partial charge in [0.15, 0.2) is 0 Å². The minimum Gasteiger partial charge on any atom is -0.383 e. The van der Waals surface area contributed by atoms with Gasteiger partial charge in [0.1, 0.15) is 5.82 Å². The number of halogens is 1. The number of nitrogens with one attached hydrogen (secondary N) is 1. The fourth-order valence-corrected chi connectivity index (χ4v) is 1.57. The van der Waals surface area contributed by atoms with E-state index in [9.17, 15) is 4.39 Å². The Hall–Kier alpha value is -2.15. The predicted octanol–water partition coefficient (Wildman–Crippen LogP) is 1.11. The van der Waals surface area contributed by atoms with Gasteiger partial charge in [0.25, 0.3) is 0 Å². The van der Waals surface area contributed by atoms with Crippen LogP contribution in [0, 0.1) is 5.82 Å². The second-order valence-electron chi connectivity index (χ2n) is 4.00. The van der Waals surface area contributed by atoms with Gasteiger partial charge in [-0.15, -0.1) is 5.10 Å². The molecule has 0 aliphatic heterocycles. The van der Waals surface area contributed by atoms with Crippen LogP contribution in [0.2, 0.25) is 0 Å². The monoisotopic (exact) mass is 265 g/mol. The summed E-state index contributed by atoms with van der Waals surface area (Å²) in [5.74, 6) is 0.498. The Labute approximate surface area is 110 Å². The van der Waals surface area contributed by atoms with E-state index in [1.54, 1.807) is 23.9 Å². The highest BCUT2D eigenvalue weighted by Gasteiger charge is 2.07. The summed E-state index contributed by atoms with van der Waals surface area (Å²) in [5.41, 5.74) is 6.67. The zero-order chi connectivity index (χ0) is 13.7. The summed E-state index contributed by atoms with van der Waals surface area (Å²) in [4.78, 5) is 4.09. The van der Waals surface area contributed by atoms with Crippen LogP contribution in [0.4, 0.5) is 16.3 Å². The van der Waals surface area contributed by atoms with E-state index in [4.69, 9.17) is 10.5 Å². The molecule has 6 nitrogen and oxygen atoms in total. The number of aromatic nitrogens is 3. The first-order valence-electron chi connectivity index (χ1n) is 5.86. The summed E-state index contributed by atoms with van der Waals surface area (Å²) in [5, 5.41) is 7.21. The number of hydrogen-bond acceptors (Lipinski definition) is 5. The summed E-state index contributed by atoms with van der Waals surface area (Å²) in [6.07, 6.45) is 0. The Morgan fingerprint density at radius 1 is 1.37 bits per heavy atom. The molecule has 0 amide bonds. The third-order valence-electron chi connectivity index (χ3n) is 2.54. The highest BCUT2D eigenvalue weighted by molar-refractivity contribution is 5.32. The molecule has 1 heterocycles. The van der Waals surface area contributed by atoms with E-state index in [1.807, 2.05) is 0 Å². The minimum atomic E-state index is -0.266. The smallest absolute Gasteiger partial charge is 0.244 e. The quantitative estimate of drug-likeness (QED) is 0.765. The SMILES string of the molecule is COCCNc1nc(N)n(Cc2ccc(F)cc2)n1. The largest absolute Gasteiger partial charge is 0.383 e. The molecule has 3 N–H and O–H groups in total. The minimum absolute atomic E-state index is 0.266. The van der Waals surface area contributed by atoms with Crippen LogP contribution in [-0.2, 0) is 11.3 Å². The van der Waals surface area contributed by atoms with Gasteiger partial charge in [-0.05, 0) is 17.7 Å². The molecule has 0 atom stereocenters. The van der Waals surface area contributed by atoms with E-state index < -0.39 is 0 Å². The zero-order valence-electron chi connectivity index (χ0n) is 10.6. The first kappa shape index (κ1) is 13.3. The molecule has 1 aromatic heterocycles. The highest BCUT2D eigenvalue weighted by Crippen LogP contribution is 2.09. The Kier molecular flexibility index (Phi) is 4.30. The van der Waals surface area contributed by atoms with Crippen molar-refractivity contribution in [2.75, 3.05) is 31.3 Å². The summed E-state index contributed by atoms with van der Waals surface area (Å²) in [6.45, 7) is 1.62. The summed E-state index contributed by atoms with van der Waals surface area (Å²) in [6, 6.07) is 6.18. The van der Waals surface area contributed by atoms with Gasteiger partial charge in [0.05, 0.1) is 13.2 Å². The second-order valence-corrected chi connectivity index (χ2v) is 4.00. The summed E-state index contributed by atoms with van der Waals surface area (Å²) < 4.78 is 19.3. The lowest BCUT2D eigenvalue weighted by atomic mass is 10.2. The van der Waals surface area contributed by atoms with Gasteiger partial charge in [0.2, 0.25) is 11.9 Å². The number of benzene rings is 1. The second kappa shape index (κ2) is 6.14. The molecule has 0 unspecified atom stereocenters. The van der Waals surface area contributed by atoms with Crippen molar-refractivity contribution in [3.8, 4) is 0 Å². The third-order valence-corrected chi connectivity index (χ3v) is 2.54.